The first-order valence-electron chi connectivity index (χ1n) is 6.17. The average molecular weight is 311 g/mol. The molecule has 5 nitrogen and oxygen atoms in total. The van der Waals surface area contributed by atoms with E-state index in [1.165, 1.54) is 9.18 Å². The predicted molar refractivity (Wildman–Crippen MR) is 81.6 cm³/mol. The summed E-state index contributed by atoms with van der Waals surface area (Å²) in [7, 11) is -0.270. The van der Waals surface area contributed by atoms with Gasteiger partial charge in [-0.3, -0.25) is 0 Å². The SMILES string of the molecule is CNc1ncccc1S(=O)(=O)N(C)CCc1cccs1. The Labute approximate surface area is 123 Å². The second-order valence-corrected chi connectivity index (χ2v) is 7.30. The Morgan fingerprint density at radius 3 is 2.80 bits per heavy atom. The van der Waals surface area contributed by atoms with Crippen LogP contribution in [0.4, 0.5) is 5.82 Å². The van der Waals surface area contributed by atoms with Crippen LogP contribution in [0, 0.1) is 0 Å². The molecular formula is C13H17N3O2S2. The summed E-state index contributed by atoms with van der Waals surface area (Å²) in [5.41, 5.74) is 0. The lowest BCUT2D eigenvalue weighted by atomic mass is 10.3. The first-order chi connectivity index (χ1) is 9.55. The number of pyridine rings is 1. The van der Waals surface area contributed by atoms with E-state index >= 15 is 0 Å². The lowest BCUT2D eigenvalue weighted by Gasteiger charge is -2.18. The molecule has 1 N–H and O–H groups in total. The molecule has 0 spiro atoms. The largest absolute Gasteiger partial charge is 0.372 e. The first-order valence-corrected chi connectivity index (χ1v) is 8.49. The smallest absolute Gasteiger partial charge is 0.246 e. The van der Waals surface area contributed by atoms with Crippen molar-refractivity contribution >= 4 is 27.2 Å². The number of sulfonamides is 1. The van der Waals surface area contributed by atoms with Crippen molar-refractivity contribution in [3.8, 4) is 0 Å². The van der Waals surface area contributed by atoms with Crippen LogP contribution in [0.5, 0.6) is 0 Å². The summed E-state index contributed by atoms with van der Waals surface area (Å²) >= 11 is 1.63. The first kappa shape index (κ1) is 15.0. The number of thiophene rings is 1. The molecule has 2 aromatic rings. The fourth-order valence-corrected chi connectivity index (χ4v) is 3.81. The van der Waals surface area contributed by atoms with E-state index in [2.05, 4.69) is 10.3 Å². The number of nitrogens with one attached hydrogen (secondary N) is 1. The molecule has 0 saturated carbocycles. The van der Waals surface area contributed by atoms with Gasteiger partial charge in [0.25, 0.3) is 0 Å². The van der Waals surface area contributed by atoms with E-state index in [4.69, 9.17) is 0 Å². The number of hydrogen-bond donors (Lipinski definition) is 1. The topological polar surface area (TPSA) is 62.3 Å². The zero-order valence-electron chi connectivity index (χ0n) is 11.4. The molecule has 0 aliphatic rings. The molecule has 2 aromatic heterocycles. The maximum Gasteiger partial charge on any atom is 0.246 e. The summed E-state index contributed by atoms with van der Waals surface area (Å²) < 4.78 is 26.4. The van der Waals surface area contributed by atoms with E-state index in [1.807, 2.05) is 17.5 Å². The van der Waals surface area contributed by atoms with Crippen molar-refractivity contribution in [1.29, 1.82) is 0 Å². The number of aromatic nitrogens is 1. The molecule has 2 heterocycles. The maximum absolute atomic E-state index is 12.5. The zero-order valence-corrected chi connectivity index (χ0v) is 13.0. The van der Waals surface area contributed by atoms with Crippen molar-refractivity contribution in [2.24, 2.45) is 0 Å². The van der Waals surface area contributed by atoms with Gasteiger partial charge in [-0.25, -0.2) is 17.7 Å². The van der Waals surface area contributed by atoms with Gasteiger partial charge >= 0.3 is 0 Å². The second-order valence-electron chi connectivity index (χ2n) is 4.26. The van der Waals surface area contributed by atoms with Gasteiger partial charge in [0.2, 0.25) is 10.0 Å². The molecule has 7 heteroatoms. The number of nitrogens with zero attached hydrogens (tertiary/aromatic N) is 2. The normalized spacial score (nSPS) is 11.8. The van der Waals surface area contributed by atoms with Gasteiger partial charge in [-0.05, 0) is 30.0 Å². The third kappa shape index (κ3) is 3.17. The lowest BCUT2D eigenvalue weighted by molar-refractivity contribution is 0.473. The van der Waals surface area contributed by atoms with Gasteiger partial charge in [0.05, 0.1) is 0 Å². The van der Waals surface area contributed by atoms with E-state index in [1.54, 1.807) is 43.8 Å². The highest BCUT2D eigenvalue weighted by Gasteiger charge is 2.24. The van der Waals surface area contributed by atoms with Crippen molar-refractivity contribution in [2.75, 3.05) is 26.0 Å². The molecule has 0 atom stereocenters. The van der Waals surface area contributed by atoms with E-state index in [0.717, 1.165) is 0 Å². The molecule has 0 aliphatic carbocycles. The predicted octanol–water partition coefficient (Wildman–Crippen LogP) is 2.05. The monoisotopic (exact) mass is 311 g/mol. The van der Waals surface area contributed by atoms with Gasteiger partial charge < -0.3 is 5.32 Å². The third-order valence-electron chi connectivity index (χ3n) is 2.95. The molecule has 0 fully saturated rings. The van der Waals surface area contributed by atoms with Gasteiger partial charge in [0.1, 0.15) is 10.7 Å². The Hall–Kier alpha value is -1.44. The van der Waals surface area contributed by atoms with Gasteiger partial charge in [0, 0.05) is 31.7 Å². The Balaban J connectivity index is 2.16. The maximum atomic E-state index is 12.5. The Morgan fingerprint density at radius 2 is 2.15 bits per heavy atom. The van der Waals surface area contributed by atoms with Crippen molar-refractivity contribution in [2.45, 2.75) is 11.3 Å². The van der Waals surface area contributed by atoms with Crippen LogP contribution in [0.25, 0.3) is 0 Å². The summed E-state index contributed by atoms with van der Waals surface area (Å²) in [5, 5.41) is 4.80. The van der Waals surface area contributed by atoms with Gasteiger partial charge in [-0.2, -0.15) is 0 Å². The number of hydrogen-bond acceptors (Lipinski definition) is 5. The number of anilines is 1. The third-order valence-corrected chi connectivity index (χ3v) is 5.77. The minimum absolute atomic E-state index is 0.205. The average Bonchev–Trinajstić information content (AvgIpc) is 2.97. The number of rotatable bonds is 6. The quantitative estimate of drug-likeness (QED) is 0.887. The minimum atomic E-state index is -3.52. The van der Waals surface area contributed by atoms with Crippen LogP contribution in [0.15, 0.2) is 40.7 Å². The Bertz CT molecular complexity index is 654. The highest BCUT2D eigenvalue weighted by atomic mass is 32.2. The summed E-state index contributed by atoms with van der Waals surface area (Å²) in [6.07, 6.45) is 2.28. The van der Waals surface area contributed by atoms with E-state index in [9.17, 15) is 8.42 Å². The molecule has 108 valence electrons. The van der Waals surface area contributed by atoms with Crippen LogP contribution in [0.1, 0.15) is 4.88 Å². The second kappa shape index (κ2) is 6.34. The fourth-order valence-electron chi connectivity index (χ4n) is 1.80. The zero-order chi connectivity index (χ0) is 14.6. The molecule has 0 bridgehead atoms. The Morgan fingerprint density at radius 1 is 1.35 bits per heavy atom. The van der Waals surface area contributed by atoms with Crippen molar-refractivity contribution in [1.82, 2.24) is 9.29 Å². The summed E-state index contributed by atoms with van der Waals surface area (Å²) in [6, 6.07) is 7.17. The number of likely N-dealkylation sites (N-methyl/N-ethyl adjacent to an activating group) is 1. The summed E-state index contributed by atoms with van der Waals surface area (Å²) in [4.78, 5) is 5.42. The highest BCUT2D eigenvalue weighted by molar-refractivity contribution is 7.89. The molecule has 0 unspecified atom stereocenters. The van der Waals surface area contributed by atoms with Crippen LogP contribution < -0.4 is 5.32 Å². The Kier molecular flexibility index (Phi) is 4.74. The van der Waals surface area contributed by atoms with Gasteiger partial charge in [0.15, 0.2) is 0 Å². The lowest BCUT2D eigenvalue weighted by Crippen LogP contribution is -2.29. The van der Waals surface area contributed by atoms with Crippen LogP contribution in [0.2, 0.25) is 0 Å². The van der Waals surface area contributed by atoms with Crippen LogP contribution in [-0.2, 0) is 16.4 Å². The molecule has 0 saturated heterocycles. The standard InChI is InChI=1S/C13H17N3O2S2/c1-14-13-12(6-3-8-15-13)20(17,18)16(2)9-7-11-5-4-10-19-11/h3-6,8,10H,7,9H2,1-2H3,(H,14,15). The van der Waals surface area contributed by atoms with Crippen molar-refractivity contribution in [3.63, 3.8) is 0 Å². The molecule has 20 heavy (non-hydrogen) atoms. The minimum Gasteiger partial charge on any atom is -0.372 e. The fraction of sp³-hybridized carbons (Fsp3) is 0.308. The van der Waals surface area contributed by atoms with E-state index in [-0.39, 0.29) is 4.90 Å². The van der Waals surface area contributed by atoms with Gasteiger partial charge in [-0.15, -0.1) is 11.3 Å². The van der Waals surface area contributed by atoms with Crippen LogP contribution in [-0.4, -0.2) is 38.3 Å². The van der Waals surface area contributed by atoms with E-state index < -0.39 is 10.0 Å². The summed E-state index contributed by atoms with van der Waals surface area (Å²) in [6.45, 7) is 0.445. The summed E-state index contributed by atoms with van der Waals surface area (Å²) in [5.74, 6) is 0.371. The molecule has 2 rings (SSSR count). The molecule has 0 radical (unpaired) electrons. The molecule has 0 aliphatic heterocycles. The molecular weight excluding hydrogens is 294 g/mol. The van der Waals surface area contributed by atoms with E-state index in [0.29, 0.717) is 18.8 Å². The van der Waals surface area contributed by atoms with Crippen molar-refractivity contribution < 1.29 is 8.42 Å². The van der Waals surface area contributed by atoms with Crippen molar-refractivity contribution in [3.05, 3.63) is 40.7 Å². The highest BCUT2D eigenvalue weighted by Crippen LogP contribution is 2.21. The van der Waals surface area contributed by atoms with Gasteiger partial charge in [-0.1, -0.05) is 6.07 Å². The molecule has 0 aromatic carbocycles. The van der Waals surface area contributed by atoms with Crippen LogP contribution in [0.3, 0.4) is 0 Å². The molecule has 0 amide bonds. The van der Waals surface area contributed by atoms with Crippen LogP contribution >= 0.6 is 11.3 Å².